The number of imide groups is 2. The molecule has 9 heteroatoms. The first-order valence-corrected chi connectivity index (χ1v) is 11.0. The first kappa shape index (κ1) is 22.3. The summed E-state index contributed by atoms with van der Waals surface area (Å²) in [4.78, 5) is 51.6. The lowest BCUT2D eigenvalue weighted by molar-refractivity contribution is 0.0619. The molecule has 2 aliphatic heterocycles. The zero-order valence-corrected chi connectivity index (χ0v) is 18.7. The van der Waals surface area contributed by atoms with Crippen LogP contribution in [0, 0.1) is 0 Å². The number of amides is 4. The van der Waals surface area contributed by atoms with E-state index in [0.29, 0.717) is 40.7 Å². The van der Waals surface area contributed by atoms with Crippen LogP contribution in [-0.4, -0.2) is 58.2 Å². The Morgan fingerprint density at radius 3 is 1.46 bits per heavy atom. The number of benzene rings is 3. The molecule has 176 valence electrons. The molecule has 0 spiro atoms. The van der Waals surface area contributed by atoms with Crippen LogP contribution in [0.25, 0.3) is 0 Å². The molecular weight excluding hydrogens is 452 g/mol. The van der Waals surface area contributed by atoms with Crippen molar-refractivity contribution in [3.05, 3.63) is 82.9 Å². The summed E-state index contributed by atoms with van der Waals surface area (Å²) in [6.45, 7) is 1.68. The lowest BCUT2D eigenvalue weighted by Gasteiger charge is -2.10. The minimum absolute atomic E-state index is 0.0600. The van der Waals surface area contributed by atoms with Crippen molar-refractivity contribution in [2.75, 3.05) is 19.7 Å². The maximum absolute atomic E-state index is 12.4. The minimum Gasteiger partial charge on any atom is -0.457 e. The highest BCUT2D eigenvalue weighted by molar-refractivity contribution is 6.22. The number of fused-ring (bicyclic) bond motifs is 2. The molecular formula is C26H20N2O7. The Morgan fingerprint density at radius 2 is 1.00 bits per heavy atom. The Labute approximate surface area is 200 Å². The summed E-state index contributed by atoms with van der Waals surface area (Å²) in [6.07, 6.45) is 0. The van der Waals surface area contributed by atoms with Crippen molar-refractivity contribution in [2.24, 2.45) is 0 Å². The average Bonchev–Trinajstić information content (AvgIpc) is 3.24. The summed E-state index contributed by atoms with van der Waals surface area (Å²) >= 11 is 0. The molecule has 1 N–H and O–H groups in total. The summed E-state index contributed by atoms with van der Waals surface area (Å²) < 4.78 is 11.7. The van der Waals surface area contributed by atoms with Crippen LogP contribution in [0.5, 0.6) is 23.0 Å². The average molecular weight is 472 g/mol. The van der Waals surface area contributed by atoms with Crippen molar-refractivity contribution < 1.29 is 33.8 Å². The highest BCUT2D eigenvalue weighted by atomic mass is 16.5. The van der Waals surface area contributed by atoms with Crippen LogP contribution in [0.2, 0.25) is 0 Å². The number of carbonyl (C=O) groups is 4. The highest BCUT2D eigenvalue weighted by Gasteiger charge is 2.36. The fourth-order valence-corrected chi connectivity index (χ4v) is 4.10. The molecule has 2 heterocycles. The highest BCUT2D eigenvalue weighted by Crippen LogP contribution is 2.32. The number of hydrogen-bond acceptors (Lipinski definition) is 7. The predicted octanol–water partition coefficient (Wildman–Crippen LogP) is 3.48. The van der Waals surface area contributed by atoms with Crippen LogP contribution in [-0.2, 0) is 0 Å². The van der Waals surface area contributed by atoms with Gasteiger partial charge in [0.05, 0.1) is 35.4 Å². The summed E-state index contributed by atoms with van der Waals surface area (Å²) in [7, 11) is 0. The SMILES string of the molecule is CCN1C(=O)c2ccc(Oc3ccc(Oc4ccc5c(c4)C(=O)N(CCO)C5=O)cc3)cc2C1=O. The molecule has 9 nitrogen and oxygen atoms in total. The molecule has 5 rings (SSSR count). The standard InChI is InChI=1S/C26H20N2O7/c1-2-27-23(30)19-9-7-17(13-21(19)25(27)32)34-15-3-5-16(6-4-15)35-18-8-10-20-22(14-18)26(33)28(11-12-29)24(20)31/h3-10,13-14,29H,2,11-12H2,1H3. The zero-order chi connectivity index (χ0) is 24.7. The minimum atomic E-state index is -0.468. The van der Waals surface area contributed by atoms with Gasteiger partial charge in [0.25, 0.3) is 23.6 Å². The fraction of sp³-hybridized carbons (Fsp3) is 0.154. The van der Waals surface area contributed by atoms with Crippen molar-refractivity contribution >= 4 is 23.6 Å². The number of hydrogen-bond donors (Lipinski definition) is 1. The Hall–Kier alpha value is -4.50. The second-order valence-corrected chi connectivity index (χ2v) is 7.93. The van der Waals surface area contributed by atoms with Crippen molar-refractivity contribution in [3.63, 3.8) is 0 Å². The van der Waals surface area contributed by atoms with Crippen molar-refractivity contribution in [3.8, 4) is 23.0 Å². The van der Waals surface area contributed by atoms with E-state index in [1.54, 1.807) is 55.5 Å². The van der Waals surface area contributed by atoms with Gasteiger partial charge in [0, 0.05) is 6.54 Å². The van der Waals surface area contributed by atoms with Crippen molar-refractivity contribution in [2.45, 2.75) is 6.92 Å². The third-order valence-electron chi connectivity index (χ3n) is 5.82. The van der Waals surface area contributed by atoms with Gasteiger partial charge in [0.1, 0.15) is 23.0 Å². The molecule has 0 bridgehead atoms. The Kier molecular flexibility index (Phi) is 5.54. The van der Waals surface area contributed by atoms with Crippen LogP contribution < -0.4 is 9.47 Å². The Bertz CT molecular complexity index is 1380. The molecule has 35 heavy (non-hydrogen) atoms. The van der Waals surface area contributed by atoms with Gasteiger partial charge in [-0.15, -0.1) is 0 Å². The van der Waals surface area contributed by atoms with Crippen molar-refractivity contribution in [1.82, 2.24) is 9.80 Å². The Morgan fingerprint density at radius 1 is 0.600 bits per heavy atom. The largest absolute Gasteiger partial charge is 0.457 e. The van der Waals surface area contributed by atoms with E-state index in [2.05, 4.69) is 0 Å². The third kappa shape index (κ3) is 3.81. The molecule has 0 fully saturated rings. The molecule has 0 saturated carbocycles. The smallest absolute Gasteiger partial charge is 0.261 e. The molecule has 0 aliphatic carbocycles. The predicted molar refractivity (Wildman–Crippen MR) is 123 cm³/mol. The van der Waals surface area contributed by atoms with E-state index in [1.165, 1.54) is 17.0 Å². The van der Waals surface area contributed by atoms with Gasteiger partial charge in [0.15, 0.2) is 0 Å². The van der Waals surface area contributed by atoms with Gasteiger partial charge in [-0.05, 0) is 67.6 Å². The number of aliphatic hydroxyl groups excluding tert-OH is 1. The molecule has 0 aromatic heterocycles. The number of aliphatic hydroxyl groups is 1. The summed E-state index contributed by atoms with van der Waals surface area (Å²) in [5.41, 5.74) is 1.18. The first-order valence-electron chi connectivity index (χ1n) is 11.0. The normalized spacial score (nSPS) is 14.5. The number of nitrogens with zero attached hydrogens (tertiary/aromatic N) is 2. The van der Waals surface area contributed by atoms with Gasteiger partial charge in [-0.2, -0.15) is 0 Å². The number of rotatable bonds is 7. The second-order valence-electron chi connectivity index (χ2n) is 7.93. The lowest BCUT2D eigenvalue weighted by Crippen LogP contribution is -2.32. The van der Waals surface area contributed by atoms with Crippen LogP contribution >= 0.6 is 0 Å². The topological polar surface area (TPSA) is 113 Å². The molecule has 2 aliphatic rings. The fourth-order valence-electron chi connectivity index (χ4n) is 4.10. The van der Waals surface area contributed by atoms with E-state index in [0.717, 1.165) is 4.90 Å². The number of carbonyl (C=O) groups excluding carboxylic acids is 4. The zero-order valence-electron chi connectivity index (χ0n) is 18.7. The first-order chi connectivity index (χ1) is 16.9. The molecule has 0 radical (unpaired) electrons. The number of β-amino-alcohol motifs (C(OH)–C–C–N with tert-alkyl or cyclic N) is 1. The third-order valence-corrected chi connectivity index (χ3v) is 5.82. The molecule has 0 unspecified atom stereocenters. The molecule has 3 aromatic carbocycles. The lowest BCUT2D eigenvalue weighted by atomic mass is 10.1. The van der Waals surface area contributed by atoms with E-state index >= 15 is 0 Å². The Balaban J connectivity index is 1.29. The monoisotopic (exact) mass is 472 g/mol. The van der Waals surface area contributed by atoms with E-state index in [9.17, 15) is 19.2 Å². The van der Waals surface area contributed by atoms with Gasteiger partial charge in [-0.25, -0.2) is 0 Å². The molecule has 4 amide bonds. The van der Waals surface area contributed by atoms with E-state index in [1.807, 2.05) is 0 Å². The van der Waals surface area contributed by atoms with Crippen LogP contribution in [0.4, 0.5) is 0 Å². The van der Waals surface area contributed by atoms with Gasteiger partial charge in [-0.1, -0.05) is 0 Å². The number of ether oxygens (including phenoxy) is 2. The van der Waals surface area contributed by atoms with E-state index in [4.69, 9.17) is 14.6 Å². The second kappa shape index (κ2) is 8.69. The molecule has 0 saturated heterocycles. The van der Waals surface area contributed by atoms with E-state index < -0.39 is 11.8 Å². The summed E-state index contributed by atoms with van der Waals surface area (Å²) in [5.74, 6) is 0.231. The van der Waals surface area contributed by atoms with Crippen LogP contribution in [0.3, 0.4) is 0 Å². The quantitative estimate of drug-likeness (QED) is 0.524. The van der Waals surface area contributed by atoms with Gasteiger partial charge in [0.2, 0.25) is 0 Å². The van der Waals surface area contributed by atoms with Crippen LogP contribution in [0.1, 0.15) is 48.4 Å². The molecule has 3 aromatic rings. The molecule has 0 atom stereocenters. The van der Waals surface area contributed by atoms with Gasteiger partial charge >= 0.3 is 0 Å². The van der Waals surface area contributed by atoms with Crippen LogP contribution in [0.15, 0.2) is 60.7 Å². The van der Waals surface area contributed by atoms with Crippen molar-refractivity contribution in [1.29, 1.82) is 0 Å². The van der Waals surface area contributed by atoms with Gasteiger partial charge < -0.3 is 14.6 Å². The summed E-state index contributed by atoms with van der Waals surface area (Å²) in [6, 6.07) is 16.1. The summed E-state index contributed by atoms with van der Waals surface area (Å²) in [5, 5.41) is 9.08. The van der Waals surface area contributed by atoms with Gasteiger partial charge in [-0.3, -0.25) is 29.0 Å². The maximum atomic E-state index is 12.4. The van der Waals surface area contributed by atoms with E-state index in [-0.39, 0.29) is 36.1 Å². The maximum Gasteiger partial charge on any atom is 0.261 e.